The SMILES string of the molecule is COc1cc(F)ccc1NC(=O)c1ccc(CCl)cc1. The Hall–Kier alpha value is -2.07. The van der Waals surface area contributed by atoms with E-state index in [1.54, 1.807) is 24.3 Å². The maximum Gasteiger partial charge on any atom is 0.255 e. The van der Waals surface area contributed by atoms with Gasteiger partial charge in [0.1, 0.15) is 11.6 Å². The molecule has 0 atom stereocenters. The topological polar surface area (TPSA) is 38.3 Å². The molecule has 0 radical (unpaired) electrons. The molecule has 0 aliphatic heterocycles. The molecular formula is C15H13ClFNO2. The number of anilines is 1. The zero-order valence-corrected chi connectivity index (χ0v) is 11.6. The van der Waals surface area contributed by atoms with Crippen LogP contribution in [0.1, 0.15) is 15.9 Å². The van der Waals surface area contributed by atoms with Crippen LogP contribution >= 0.6 is 11.6 Å². The van der Waals surface area contributed by atoms with Gasteiger partial charge in [-0.05, 0) is 29.8 Å². The molecule has 0 saturated carbocycles. The lowest BCUT2D eigenvalue weighted by atomic mass is 10.1. The number of alkyl halides is 1. The Labute approximate surface area is 121 Å². The molecule has 2 rings (SSSR count). The Morgan fingerprint density at radius 3 is 2.55 bits per heavy atom. The van der Waals surface area contributed by atoms with Crippen molar-refractivity contribution in [1.82, 2.24) is 0 Å². The van der Waals surface area contributed by atoms with Crippen molar-refractivity contribution in [2.75, 3.05) is 12.4 Å². The fourth-order valence-corrected chi connectivity index (χ4v) is 1.89. The van der Waals surface area contributed by atoms with Crippen LogP contribution in [-0.2, 0) is 5.88 Å². The highest BCUT2D eigenvalue weighted by Crippen LogP contribution is 2.25. The maximum atomic E-state index is 13.1. The van der Waals surface area contributed by atoms with Gasteiger partial charge in [-0.2, -0.15) is 0 Å². The van der Waals surface area contributed by atoms with Gasteiger partial charge in [-0.1, -0.05) is 12.1 Å². The van der Waals surface area contributed by atoms with Crippen LogP contribution in [0.3, 0.4) is 0 Å². The quantitative estimate of drug-likeness (QED) is 0.870. The van der Waals surface area contributed by atoms with E-state index in [9.17, 15) is 9.18 Å². The standard InChI is InChI=1S/C15H13ClFNO2/c1-20-14-8-12(17)6-7-13(14)18-15(19)11-4-2-10(9-16)3-5-11/h2-8H,9H2,1H3,(H,18,19). The van der Waals surface area contributed by atoms with E-state index >= 15 is 0 Å². The summed E-state index contributed by atoms with van der Waals surface area (Å²) in [7, 11) is 1.42. The molecule has 1 amide bonds. The molecular weight excluding hydrogens is 281 g/mol. The first-order valence-corrected chi connectivity index (χ1v) is 6.47. The van der Waals surface area contributed by atoms with E-state index < -0.39 is 5.82 Å². The molecule has 2 aromatic rings. The molecule has 1 N–H and O–H groups in total. The van der Waals surface area contributed by atoms with E-state index in [4.69, 9.17) is 16.3 Å². The van der Waals surface area contributed by atoms with Crippen molar-refractivity contribution in [3.05, 3.63) is 59.4 Å². The lowest BCUT2D eigenvalue weighted by molar-refractivity contribution is 0.102. The van der Waals surface area contributed by atoms with Crippen LogP contribution in [0.15, 0.2) is 42.5 Å². The number of nitrogens with one attached hydrogen (secondary N) is 1. The zero-order chi connectivity index (χ0) is 14.5. The molecule has 0 heterocycles. The summed E-state index contributed by atoms with van der Waals surface area (Å²) < 4.78 is 18.1. The highest BCUT2D eigenvalue weighted by molar-refractivity contribution is 6.17. The van der Waals surface area contributed by atoms with Crippen molar-refractivity contribution < 1.29 is 13.9 Å². The molecule has 0 aliphatic rings. The van der Waals surface area contributed by atoms with Crippen LogP contribution in [0, 0.1) is 5.82 Å². The monoisotopic (exact) mass is 293 g/mol. The van der Waals surface area contributed by atoms with Crippen molar-refractivity contribution in [3.63, 3.8) is 0 Å². The van der Waals surface area contributed by atoms with Gasteiger partial charge in [0.05, 0.1) is 12.8 Å². The number of halogens is 2. The highest BCUT2D eigenvalue weighted by atomic mass is 35.5. The lowest BCUT2D eigenvalue weighted by Crippen LogP contribution is -2.12. The number of carbonyl (C=O) groups excluding carboxylic acids is 1. The molecule has 0 spiro atoms. The zero-order valence-electron chi connectivity index (χ0n) is 10.8. The highest BCUT2D eigenvalue weighted by Gasteiger charge is 2.10. The minimum absolute atomic E-state index is 0.274. The van der Waals surface area contributed by atoms with Gasteiger partial charge in [0.2, 0.25) is 0 Å². The van der Waals surface area contributed by atoms with Crippen LogP contribution in [-0.4, -0.2) is 13.0 Å². The third-order valence-electron chi connectivity index (χ3n) is 2.78. The first-order valence-electron chi connectivity index (χ1n) is 5.94. The van der Waals surface area contributed by atoms with Gasteiger partial charge < -0.3 is 10.1 Å². The molecule has 5 heteroatoms. The van der Waals surface area contributed by atoms with Crippen LogP contribution in [0.2, 0.25) is 0 Å². The summed E-state index contributed by atoms with van der Waals surface area (Å²) in [5, 5.41) is 2.68. The van der Waals surface area contributed by atoms with Crippen LogP contribution in [0.25, 0.3) is 0 Å². The summed E-state index contributed by atoms with van der Waals surface area (Å²) in [5.74, 6) is -0.0497. The number of benzene rings is 2. The van der Waals surface area contributed by atoms with Crippen molar-refractivity contribution >= 4 is 23.2 Å². The Morgan fingerprint density at radius 1 is 1.25 bits per heavy atom. The molecule has 0 saturated heterocycles. The van der Waals surface area contributed by atoms with E-state index in [2.05, 4.69) is 5.32 Å². The van der Waals surface area contributed by atoms with Gasteiger partial charge >= 0.3 is 0 Å². The smallest absolute Gasteiger partial charge is 0.255 e. The van der Waals surface area contributed by atoms with Gasteiger partial charge in [-0.3, -0.25) is 4.79 Å². The Bertz CT molecular complexity index is 614. The second-order valence-corrected chi connectivity index (χ2v) is 4.40. The second kappa shape index (κ2) is 6.39. The minimum atomic E-state index is -0.425. The summed E-state index contributed by atoms with van der Waals surface area (Å²) in [4.78, 5) is 12.1. The van der Waals surface area contributed by atoms with Crippen LogP contribution in [0.5, 0.6) is 5.75 Å². The van der Waals surface area contributed by atoms with Gasteiger partial charge in [-0.25, -0.2) is 4.39 Å². The molecule has 0 bridgehead atoms. The Morgan fingerprint density at radius 2 is 1.95 bits per heavy atom. The number of rotatable bonds is 4. The van der Waals surface area contributed by atoms with E-state index in [1.165, 1.54) is 25.3 Å². The number of hydrogen-bond donors (Lipinski definition) is 1. The third-order valence-corrected chi connectivity index (χ3v) is 3.09. The van der Waals surface area contributed by atoms with Crippen molar-refractivity contribution in [2.24, 2.45) is 0 Å². The molecule has 0 aromatic heterocycles. The van der Waals surface area contributed by atoms with Crippen molar-refractivity contribution in [3.8, 4) is 5.75 Å². The Balaban J connectivity index is 2.18. The first-order chi connectivity index (χ1) is 9.63. The summed E-state index contributed by atoms with van der Waals surface area (Å²) in [6.07, 6.45) is 0. The molecule has 0 fully saturated rings. The average molecular weight is 294 g/mol. The molecule has 3 nitrogen and oxygen atoms in total. The van der Waals surface area contributed by atoms with Gasteiger partial charge in [0, 0.05) is 17.5 Å². The number of ether oxygens (including phenoxy) is 1. The normalized spacial score (nSPS) is 10.2. The number of carbonyl (C=O) groups is 1. The number of hydrogen-bond acceptors (Lipinski definition) is 2. The second-order valence-electron chi connectivity index (χ2n) is 4.13. The molecule has 104 valence electrons. The number of methoxy groups -OCH3 is 1. The van der Waals surface area contributed by atoms with Crippen molar-refractivity contribution in [2.45, 2.75) is 5.88 Å². The summed E-state index contributed by atoms with van der Waals surface area (Å²) in [6, 6.07) is 10.9. The van der Waals surface area contributed by atoms with Crippen molar-refractivity contribution in [1.29, 1.82) is 0 Å². The fourth-order valence-electron chi connectivity index (χ4n) is 1.71. The first kappa shape index (κ1) is 14.3. The predicted molar refractivity (Wildman–Crippen MR) is 76.9 cm³/mol. The summed E-state index contributed by atoms with van der Waals surface area (Å²) >= 11 is 5.69. The van der Waals surface area contributed by atoms with E-state index in [-0.39, 0.29) is 11.7 Å². The third kappa shape index (κ3) is 3.27. The summed E-state index contributed by atoms with van der Waals surface area (Å²) in [6.45, 7) is 0. The lowest BCUT2D eigenvalue weighted by Gasteiger charge is -2.10. The van der Waals surface area contributed by atoms with E-state index in [0.717, 1.165) is 5.56 Å². The Kier molecular flexibility index (Phi) is 4.58. The fraction of sp³-hybridized carbons (Fsp3) is 0.133. The molecule has 2 aromatic carbocycles. The maximum absolute atomic E-state index is 13.1. The van der Waals surface area contributed by atoms with Gasteiger partial charge in [-0.15, -0.1) is 11.6 Å². The van der Waals surface area contributed by atoms with E-state index in [0.29, 0.717) is 17.1 Å². The molecule has 0 unspecified atom stereocenters. The van der Waals surface area contributed by atoms with Crippen LogP contribution in [0.4, 0.5) is 10.1 Å². The minimum Gasteiger partial charge on any atom is -0.494 e. The number of amides is 1. The molecule has 0 aliphatic carbocycles. The van der Waals surface area contributed by atoms with E-state index in [1.807, 2.05) is 0 Å². The summed E-state index contributed by atoms with van der Waals surface area (Å²) in [5.41, 5.74) is 1.84. The van der Waals surface area contributed by atoms with Crippen LogP contribution < -0.4 is 10.1 Å². The largest absolute Gasteiger partial charge is 0.494 e. The van der Waals surface area contributed by atoms with Gasteiger partial charge in [0.25, 0.3) is 5.91 Å². The molecule has 20 heavy (non-hydrogen) atoms. The average Bonchev–Trinajstić information content (AvgIpc) is 2.49. The van der Waals surface area contributed by atoms with Gasteiger partial charge in [0.15, 0.2) is 0 Å². The predicted octanol–water partition coefficient (Wildman–Crippen LogP) is 3.83.